The molecule has 0 aliphatic rings. The Morgan fingerprint density at radius 3 is 2.84 bits per heavy atom. The third kappa shape index (κ3) is 4.34. The van der Waals surface area contributed by atoms with Gasteiger partial charge in [0.2, 0.25) is 0 Å². The van der Waals surface area contributed by atoms with Crippen molar-refractivity contribution in [2.75, 3.05) is 13.6 Å². The number of fused-ring (bicyclic) bond motifs is 1. The largest absolute Gasteiger partial charge is 0.350 e. The number of rotatable bonds is 4. The molecule has 0 saturated carbocycles. The Balaban J connectivity index is 0.00000162. The minimum Gasteiger partial charge on any atom is -0.350 e. The van der Waals surface area contributed by atoms with E-state index in [1.807, 2.05) is 14.0 Å². The van der Waals surface area contributed by atoms with Crippen molar-refractivity contribution in [1.29, 1.82) is 0 Å². The summed E-state index contributed by atoms with van der Waals surface area (Å²) in [6.07, 6.45) is 3.29. The van der Waals surface area contributed by atoms with Gasteiger partial charge in [-0.1, -0.05) is 0 Å². The number of hydrogen-bond acceptors (Lipinski definition) is 4. The van der Waals surface area contributed by atoms with E-state index in [0.29, 0.717) is 12.1 Å². The maximum absolute atomic E-state index is 11.8. The number of nitrogens with one attached hydrogen (secondary N) is 2. The molecule has 0 fully saturated rings. The first-order chi connectivity index (χ1) is 8.20. The molecule has 0 aromatic carbocycles. The molecule has 2 rings (SSSR count). The van der Waals surface area contributed by atoms with Crippen LogP contribution >= 0.6 is 24.8 Å². The summed E-state index contributed by atoms with van der Waals surface area (Å²) >= 11 is 0. The third-order valence-electron chi connectivity index (χ3n) is 2.61. The average Bonchev–Trinajstić information content (AvgIpc) is 2.82. The van der Waals surface area contributed by atoms with Gasteiger partial charge in [-0.3, -0.25) is 9.20 Å². The van der Waals surface area contributed by atoms with E-state index in [0.717, 1.165) is 5.65 Å². The van der Waals surface area contributed by atoms with Crippen LogP contribution in [0.15, 0.2) is 24.7 Å². The first kappa shape index (κ1) is 17.6. The molecule has 0 spiro atoms. The van der Waals surface area contributed by atoms with Gasteiger partial charge in [-0.25, -0.2) is 0 Å². The van der Waals surface area contributed by atoms with Gasteiger partial charge in [0.1, 0.15) is 6.33 Å². The highest BCUT2D eigenvalue weighted by Gasteiger charge is 2.07. The summed E-state index contributed by atoms with van der Waals surface area (Å²) in [6, 6.07) is 3.75. The predicted molar refractivity (Wildman–Crippen MR) is 78.3 cm³/mol. The predicted octanol–water partition coefficient (Wildman–Crippen LogP) is 0.911. The van der Waals surface area contributed by atoms with Gasteiger partial charge in [0.15, 0.2) is 5.65 Å². The van der Waals surface area contributed by atoms with Crippen molar-refractivity contribution < 1.29 is 4.79 Å². The maximum Gasteiger partial charge on any atom is 0.252 e. The van der Waals surface area contributed by atoms with Crippen LogP contribution in [-0.4, -0.2) is 40.1 Å². The fourth-order valence-electron chi connectivity index (χ4n) is 1.41. The zero-order valence-corrected chi connectivity index (χ0v) is 12.3. The molecule has 2 aromatic rings. The molecule has 0 bridgehead atoms. The van der Waals surface area contributed by atoms with Gasteiger partial charge in [-0.15, -0.1) is 35.0 Å². The van der Waals surface area contributed by atoms with Crippen molar-refractivity contribution in [3.8, 4) is 0 Å². The van der Waals surface area contributed by atoms with Crippen molar-refractivity contribution in [3.63, 3.8) is 0 Å². The van der Waals surface area contributed by atoms with Crippen LogP contribution < -0.4 is 10.6 Å². The lowest BCUT2D eigenvalue weighted by Crippen LogP contribution is -2.37. The highest BCUT2D eigenvalue weighted by atomic mass is 35.5. The number of likely N-dealkylation sites (N-methyl/N-ethyl adjacent to an activating group) is 1. The average molecular weight is 306 g/mol. The molecule has 106 valence electrons. The van der Waals surface area contributed by atoms with Crippen LogP contribution in [0.2, 0.25) is 0 Å². The van der Waals surface area contributed by atoms with Crippen LogP contribution in [0.1, 0.15) is 17.3 Å². The number of nitrogens with zero attached hydrogens (tertiary/aromatic N) is 3. The maximum atomic E-state index is 11.8. The van der Waals surface area contributed by atoms with Gasteiger partial charge in [-0.2, -0.15) is 0 Å². The molecule has 6 nitrogen and oxygen atoms in total. The minimum absolute atomic E-state index is 0. The number of carbonyl (C=O) groups is 1. The molecule has 1 unspecified atom stereocenters. The zero-order valence-electron chi connectivity index (χ0n) is 10.7. The number of carbonyl (C=O) groups excluding carboxylic acids is 1. The standard InChI is InChI=1S/C11H15N5O.2ClH/c1-8(12-2)5-13-11(17)9-3-4-10-15-14-7-16(10)6-9;;/h3-4,6-8,12H,5H2,1-2H3,(H,13,17);2*1H. The Kier molecular flexibility index (Phi) is 7.36. The Labute approximate surface area is 123 Å². The lowest BCUT2D eigenvalue weighted by atomic mass is 10.2. The molecule has 0 radical (unpaired) electrons. The number of halogens is 2. The van der Waals surface area contributed by atoms with Crippen molar-refractivity contribution >= 4 is 36.4 Å². The Bertz CT molecular complexity index is 531. The van der Waals surface area contributed by atoms with Gasteiger partial charge in [0, 0.05) is 18.8 Å². The van der Waals surface area contributed by atoms with Crippen LogP contribution in [0.4, 0.5) is 0 Å². The molecule has 19 heavy (non-hydrogen) atoms. The summed E-state index contributed by atoms with van der Waals surface area (Å²) in [7, 11) is 1.86. The fraction of sp³-hybridized carbons (Fsp3) is 0.364. The number of aromatic nitrogens is 3. The molecule has 2 N–H and O–H groups in total. The van der Waals surface area contributed by atoms with E-state index in [4.69, 9.17) is 0 Å². The second-order valence-corrected chi connectivity index (χ2v) is 3.91. The molecule has 0 aliphatic carbocycles. The first-order valence-corrected chi connectivity index (χ1v) is 5.45. The summed E-state index contributed by atoms with van der Waals surface area (Å²) in [6.45, 7) is 2.60. The summed E-state index contributed by atoms with van der Waals surface area (Å²) in [5.74, 6) is -0.0947. The van der Waals surface area contributed by atoms with Crippen molar-refractivity contribution in [2.45, 2.75) is 13.0 Å². The minimum atomic E-state index is -0.0947. The molecule has 0 aliphatic heterocycles. The van der Waals surface area contributed by atoms with Crippen molar-refractivity contribution in [3.05, 3.63) is 30.2 Å². The van der Waals surface area contributed by atoms with Gasteiger partial charge in [-0.05, 0) is 26.1 Å². The van der Waals surface area contributed by atoms with Crippen LogP contribution in [0.5, 0.6) is 0 Å². The fourth-order valence-corrected chi connectivity index (χ4v) is 1.41. The SMILES string of the molecule is CNC(C)CNC(=O)c1ccc2nncn2c1.Cl.Cl. The summed E-state index contributed by atoms with van der Waals surface area (Å²) in [5, 5.41) is 13.5. The lowest BCUT2D eigenvalue weighted by molar-refractivity contribution is 0.0950. The highest BCUT2D eigenvalue weighted by Crippen LogP contribution is 2.03. The van der Waals surface area contributed by atoms with E-state index in [9.17, 15) is 4.79 Å². The summed E-state index contributed by atoms with van der Waals surface area (Å²) in [5.41, 5.74) is 1.32. The van der Waals surface area contributed by atoms with E-state index in [-0.39, 0.29) is 36.8 Å². The molecule has 2 heterocycles. The number of pyridine rings is 1. The Hall–Kier alpha value is -1.37. The first-order valence-electron chi connectivity index (χ1n) is 5.45. The molecule has 1 amide bonds. The zero-order chi connectivity index (χ0) is 12.3. The monoisotopic (exact) mass is 305 g/mol. The number of amides is 1. The van der Waals surface area contributed by atoms with Crippen LogP contribution in [0, 0.1) is 0 Å². The normalized spacial score (nSPS) is 11.3. The second-order valence-electron chi connectivity index (χ2n) is 3.91. The molecule has 8 heteroatoms. The molecule has 0 saturated heterocycles. The third-order valence-corrected chi connectivity index (χ3v) is 2.61. The summed E-state index contributed by atoms with van der Waals surface area (Å²) < 4.78 is 1.72. The quantitative estimate of drug-likeness (QED) is 0.881. The van der Waals surface area contributed by atoms with E-state index < -0.39 is 0 Å². The van der Waals surface area contributed by atoms with Crippen molar-refractivity contribution in [1.82, 2.24) is 25.2 Å². The van der Waals surface area contributed by atoms with E-state index in [2.05, 4.69) is 20.8 Å². The molecule has 1 atom stereocenters. The Morgan fingerprint density at radius 2 is 2.16 bits per heavy atom. The van der Waals surface area contributed by atoms with Gasteiger partial charge < -0.3 is 10.6 Å². The van der Waals surface area contributed by atoms with Gasteiger partial charge in [0.25, 0.3) is 5.91 Å². The topological polar surface area (TPSA) is 71.3 Å². The molecular weight excluding hydrogens is 289 g/mol. The van der Waals surface area contributed by atoms with E-state index in [1.165, 1.54) is 0 Å². The van der Waals surface area contributed by atoms with Gasteiger partial charge >= 0.3 is 0 Å². The van der Waals surface area contributed by atoms with Crippen LogP contribution in [0.25, 0.3) is 5.65 Å². The van der Waals surface area contributed by atoms with Gasteiger partial charge in [0.05, 0.1) is 5.56 Å². The van der Waals surface area contributed by atoms with E-state index in [1.54, 1.807) is 29.1 Å². The second kappa shape index (κ2) is 7.93. The Morgan fingerprint density at radius 1 is 1.42 bits per heavy atom. The van der Waals surface area contributed by atoms with Crippen molar-refractivity contribution in [2.24, 2.45) is 0 Å². The molecule has 2 aromatic heterocycles. The summed E-state index contributed by atoms with van der Waals surface area (Å²) in [4.78, 5) is 11.8. The van der Waals surface area contributed by atoms with Crippen LogP contribution in [0.3, 0.4) is 0 Å². The number of hydrogen-bond donors (Lipinski definition) is 2. The van der Waals surface area contributed by atoms with E-state index >= 15 is 0 Å². The smallest absolute Gasteiger partial charge is 0.252 e. The van der Waals surface area contributed by atoms with Crippen LogP contribution in [-0.2, 0) is 0 Å². The highest BCUT2D eigenvalue weighted by molar-refractivity contribution is 5.94. The molecular formula is C11H17Cl2N5O. The lowest BCUT2D eigenvalue weighted by Gasteiger charge is -2.11.